The highest BCUT2D eigenvalue weighted by molar-refractivity contribution is 5.92. The van der Waals surface area contributed by atoms with Gasteiger partial charge < -0.3 is 14.6 Å². The minimum absolute atomic E-state index is 0.196. The van der Waals surface area contributed by atoms with Crippen LogP contribution >= 0.6 is 0 Å². The summed E-state index contributed by atoms with van der Waals surface area (Å²) >= 11 is 0. The van der Waals surface area contributed by atoms with Crippen LogP contribution in [0.25, 0.3) is 0 Å². The molecule has 0 unspecified atom stereocenters. The van der Waals surface area contributed by atoms with Crippen molar-refractivity contribution in [2.75, 3.05) is 6.61 Å². The molecular weight excluding hydrogens is 304 g/mol. The number of rotatable bonds is 5. The molecule has 2 fully saturated rings. The van der Waals surface area contributed by atoms with Crippen LogP contribution in [0.1, 0.15) is 73.2 Å². The number of nitrogens with one attached hydrogen (secondary N) is 1. The van der Waals surface area contributed by atoms with Crippen molar-refractivity contribution in [3.63, 3.8) is 0 Å². The summed E-state index contributed by atoms with van der Waals surface area (Å²) in [6, 6.07) is 2.62. The van der Waals surface area contributed by atoms with Crippen LogP contribution in [0.15, 0.2) is 6.07 Å². The van der Waals surface area contributed by atoms with Gasteiger partial charge in [0.05, 0.1) is 5.56 Å². The zero-order valence-electron chi connectivity index (χ0n) is 14.9. The maximum Gasteiger partial charge on any atom is 0.340 e. The number of amides is 1. The Kier molecular flexibility index (Phi) is 4.97. The highest BCUT2D eigenvalue weighted by Gasteiger charge is 2.29. The number of carbonyl (C=O) groups excluding carboxylic acids is 2. The van der Waals surface area contributed by atoms with E-state index in [0.717, 1.165) is 30.7 Å². The van der Waals surface area contributed by atoms with Crippen LogP contribution in [-0.4, -0.2) is 29.1 Å². The van der Waals surface area contributed by atoms with Crippen molar-refractivity contribution in [2.45, 2.75) is 71.4 Å². The SMILES string of the molecule is Cc1cc(C(=O)OCC(=O)N[C@@H]2CCCC[C@@H]2C)c(C)n1C1CC1. The number of hydrogen-bond donors (Lipinski definition) is 1. The van der Waals surface area contributed by atoms with Gasteiger partial charge in [0.25, 0.3) is 5.91 Å². The predicted octanol–water partition coefficient (Wildman–Crippen LogP) is 3.29. The van der Waals surface area contributed by atoms with Crippen molar-refractivity contribution in [1.82, 2.24) is 9.88 Å². The van der Waals surface area contributed by atoms with Crippen LogP contribution in [-0.2, 0) is 9.53 Å². The molecule has 0 aromatic carbocycles. The second kappa shape index (κ2) is 6.99. The summed E-state index contributed by atoms with van der Waals surface area (Å²) < 4.78 is 7.46. The van der Waals surface area contributed by atoms with Gasteiger partial charge in [-0.25, -0.2) is 4.79 Å². The Morgan fingerprint density at radius 3 is 2.58 bits per heavy atom. The zero-order valence-corrected chi connectivity index (χ0v) is 14.9. The molecule has 2 aliphatic carbocycles. The van der Waals surface area contributed by atoms with Crippen LogP contribution in [0, 0.1) is 19.8 Å². The molecule has 1 amide bonds. The fourth-order valence-electron chi connectivity index (χ4n) is 3.87. The number of hydrogen-bond acceptors (Lipinski definition) is 3. The maximum atomic E-state index is 12.3. The number of aromatic nitrogens is 1. The van der Waals surface area contributed by atoms with E-state index in [1.165, 1.54) is 19.3 Å². The van der Waals surface area contributed by atoms with E-state index in [1.807, 2.05) is 19.9 Å². The summed E-state index contributed by atoms with van der Waals surface area (Å²) in [4.78, 5) is 24.4. The van der Waals surface area contributed by atoms with Crippen molar-refractivity contribution in [2.24, 2.45) is 5.92 Å². The van der Waals surface area contributed by atoms with Gasteiger partial charge in [-0.05, 0) is 51.5 Å². The molecule has 1 heterocycles. The van der Waals surface area contributed by atoms with Gasteiger partial charge in [0, 0.05) is 23.5 Å². The third-order valence-electron chi connectivity index (χ3n) is 5.41. The van der Waals surface area contributed by atoms with Gasteiger partial charge in [-0.2, -0.15) is 0 Å². The first-order valence-corrected chi connectivity index (χ1v) is 9.12. The maximum absolute atomic E-state index is 12.3. The van der Waals surface area contributed by atoms with Crippen LogP contribution in [0.4, 0.5) is 0 Å². The molecule has 5 heteroatoms. The van der Waals surface area contributed by atoms with Crippen LogP contribution < -0.4 is 5.32 Å². The average molecular weight is 332 g/mol. The molecule has 0 saturated heterocycles. The monoisotopic (exact) mass is 332 g/mol. The van der Waals surface area contributed by atoms with Gasteiger partial charge >= 0.3 is 5.97 Å². The molecular formula is C19H28N2O3. The Bertz CT molecular complexity index is 631. The van der Waals surface area contributed by atoms with E-state index in [2.05, 4.69) is 16.8 Å². The lowest BCUT2D eigenvalue weighted by atomic mass is 9.86. The van der Waals surface area contributed by atoms with Crippen molar-refractivity contribution >= 4 is 11.9 Å². The molecule has 3 rings (SSSR count). The minimum atomic E-state index is -0.401. The molecule has 0 bridgehead atoms. The first-order valence-electron chi connectivity index (χ1n) is 9.12. The Morgan fingerprint density at radius 1 is 1.21 bits per heavy atom. The van der Waals surface area contributed by atoms with Crippen molar-refractivity contribution in [1.29, 1.82) is 0 Å². The first kappa shape index (κ1) is 17.1. The van der Waals surface area contributed by atoms with E-state index in [9.17, 15) is 9.59 Å². The number of carbonyl (C=O) groups is 2. The molecule has 0 spiro atoms. The summed E-state index contributed by atoms with van der Waals surface area (Å²) in [5.41, 5.74) is 2.61. The molecule has 132 valence electrons. The summed E-state index contributed by atoms with van der Waals surface area (Å²) in [6.07, 6.45) is 6.91. The largest absolute Gasteiger partial charge is 0.452 e. The lowest BCUT2D eigenvalue weighted by molar-refractivity contribution is -0.125. The van der Waals surface area contributed by atoms with Crippen molar-refractivity contribution in [3.05, 3.63) is 23.0 Å². The lowest BCUT2D eigenvalue weighted by Crippen LogP contribution is -2.42. The first-order chi connectivity index (χ1) is 11.5. The molecule has 0 radical (unpaired) electrons. The van der Waals surface area contributed by atoms with Gasteiger partial charge in [-0.1, -0.05) is 19.8 Å². The van der Waals surface area contributed by atoms with E-state index in [0.29, 0.717) is 17.5 Å². The Balaban J connectivity index is 1.53. The fraction of sp³-hybridized carbons (Fsp3) is 0.684. The van der Waals surface area contributed by atoms with Crippen LogP contribution in [0.5, 0.6) is 0 Å². The third-order valence-corrected chi connectivity index (χ3v) is 5.41. The number of aryl methyl sites for hydroxylation is 1. The number of nitrogens with zero attached hydrogens (tertiary/aromatic N) is 1. The smallest absolute Gasteiger partial charge is 0.340 e. The topological polar surface area (TPSA) is 60.3 Å². The van der Waals surface area contributed by atoms with Crippen molar-refractivity contribution in [3.8, 4) is 0 Å². The van der Waals surface area contributed by atoms with Crippen LogP contribution in [0.3, 0.4) is 0 Å². The second-order valence-corrected chi connectivity index (χ2v) is 7.40. The summed E-state index contributed by atoms with van der Waals surface area (Å²) in [6.45, 7) is 5.93. The van der Waals surface area contributed by atoms with Gasteiger partial charge in [0.2, 0.25) is 0 Å². The lowest BCUT2D eigenvalue weighted by Gasteiger charge is -2.29. The molecule has 2 atom stereocenters. The van der Waals surface area contributed by atoms with E-state index >= 15 is 0 Å². The van der Waals surface area contributed by atoms with Crippen LogP contribution in [0.2, 0.25) is 0 Å². The van der Waals surface area contributed by atoms with E-state index in [1.54, 1.807) is 0 Å². The standard InChI is InChI=1S/C19H28N2O3/c1-12-6-4-5-7-17(12)20-18(22)11-24-19(23)16-10-13(2)21(14(16)3)15-8-9-15/h10,12,15,17H,4-9,11H2,1-3H3,(H,20,22)/t12-,17+/m0/s1. The highest BCUT2D eigenvalue weighted by Crippen LogP contribution is 2.38. The molecule has 2 aliphatic rings. The number of esters is 1. The summed E-state index contributed by atoms with van der Waals surface area (Å²) in [5, 5.41) is 3.01. The average Bonchev–Trinajstić information content (AvgIpc) is 3.33. The fourth-order valence-corrected chi connectivity index (χ4v) is 3.87. The van der Waals surface area contributed by atoms with Gasteiger partial charge in [0.1, 0.15) is 0 Å². The van der Waals surface area contributed by atoms with Crippen molar-refractivity contribution < 1.29 is 14.3 Å². The molecule has 2 saturated carbocycles. The quantitative estimate of drug-likeness (QED) is 0.842. The highest BCUT2D eigenvalue weighted by atomic mass is 16.5. The Morgan fingerprint density at radius 2 is 1.92 bits per heavy atom. The molecule has 5 nitrogen and oxygen atoms in total. The normalized spacial score (nSPS) is 23.8. The molecule has 0 aliphatic heterocycles. The summed E-state index contributed by atoms with van der Waals surface area (Å²) in [7, 11) is 0. The molecule has 1 N–H and O–H groups in total. The van der Waals surface area contributed by atoms with E-state index < -0.39 is 5.97 Å². The van der Waals surface area contributed by atoms with E-state index in [-0.39, 0.29) is 18.6 Å². The summed E-state index contributed by atoms with van der Waals surface area (Å²) in [5.74, 6) is -0.101. The Hall–Kier alpha value is -1.78. The van der Waals surface area contributed by atoms with Gasteiger partial charge in [-0.15, -0.1) is 0 Å². The van der Waals surface area contributed by atoms with Gasteiger partial charge in [0.15, 0.2) is 6.61 Å². The second-order valence-electron chi connectivity index (χ2n) is 7.40. The minimum Gasteiger partial charge on any atom is -0.452 e. The molecule has 1 aromatic heterocycles. The zero-order chi connectivity index (χ0) is 17.3. The van der Waals surface area contributed by atoms with E-state index in [4.69, 9.17) is 4.74 Å². The number of ether oxygens (including phenoxy) is 1. The third kappa shape index (κ3) is 3.65. The molecule has 24 heavy (non-hydrogen) atoms. The Labute approximate surface area is 143 Å². The predicted molar refractivity (Wildman–Crippen MR) is 92.0 cm³/mol. The molecule has 1 aromatic rings. The van der Waals surface area contributed by atoms with Gasteiger partial charge in [-0.3, -0.25) is 4.79 Å².